The number of methoxy groups -OCH3 is 1. The average Bonchev–Trinajstić information content (AvgIpc) is 3.08. The van der Waals surface area contributed by atoms with Gasteiger partial charge in [0.25, 0.3) is 5.91 Å². The Balaban J connectivity index is 2.23. The highest BCUT2D eigenvalue weighted by atomic mass is 16.5. The van der Waals surface area contributed by atoms with Gasteiger partial charge in [0, 0.05) is 24.5 Å². The minimum absolute atomic E-state index is 0.179. The van der Waals surface area contributed by atoms with Crippen molar-refractivity contribution in [1.82, 2.24) is 14.7 Å². The molecule has 1 aliphatic rings. The molecular formula is C20H24N4O4. The predicted molar refractivity (Wildman–Crippen MR) is 102 cm³/mol. The second-order valence-corrected chi connectivity index (χ2v) is 6.95. The highest BCUT2D eigenvalue weighted by Gasteiger charge is 2.46. The Bertz CT molecular complexity index is 907. The Labute approximate surface area is 163 Å². The van der Waals surface area contributed by atoms with Gasteiger partial charge in [-0.3, -0.25) is 14.3 Å². The Morgan fingerprint density at radius 2 is 2.04 bits per heavy atom. The van der Waals surface area contributed by atoms with Crippen LogP contribution in [0, 0.1) is 5.92 Å². The molecule has 1 aromatic carbocycles. The Hall–Kier alpha value is -3.16. The molecule has 2 amide bonds. The third kappa shape index (κ3) is 3.37. The van der Waals surface area contributed by atoms with Crippen LogP contribution in [0.15, 0.2) is 36.7 Å². The van der Waals surface area contributed by atoms with Crippen LogP contribution in [0.5, 0.6) is 0 Å². The van der Waals surface area contributed by atoms with Crippen LogP contribution in [0.25, 0.3) is 0 Å². The zero-order valence-electron chi connectivity index (χ0n) is 16.4. The zero-order chi connectivity index (χ0) is 20.4. The molecule has 28 heavy (non-hydrogen) atoms. The molecule has 3 atom stereocenters. The van der Waals surface area contributed by atoms with E-state index in [1.165, 1.54) is 22.9 Å². The first-order valence-corrected chi connectivity index (χ1v) is 9.18. The van der Waals surface area contributed by atoms with Crippen molar-refractivity contribution in [3.05, 3.63) is 47.8 Å². The van der Waals surface area contributed by atoms with E-state index >= 15 is 0 Å². The largest absolute Gasteiger partial charge is 0.467 e. The molecule has 3 rings (SSSR count). The molecular weight excluding hydrogens is 360 g/mol. The summed E-state index contributed by atoms with van der Waals surface area (Å²) in [5, 5.41) is 6.93. The molecule has 0 spiro atoms. The molecule has 0 aliphatic carbocycles. The molecule has 0 radical (unpaired) electrons. The third-order valence-electron chi connectivity index (χ3n) is 5.15. The summed E-state index contributed by atoms with van der Waals surface area (Å²) >= 11 is 0. The summed E-state index contributed by atoms with van der Waals surface area (Å²) < 4.78 is 6.53. The van der Waals surface area contributed by atoms with E-state index in [-0.39, 0.29) is 11.8 Å². The number of benzene rings is 1. The maximum absolute atomic E-state index is 13.5. The van der Waals surface area contributed by atoms with Crippen LogP contribution in [0.3, 0.4) is 0 Å². The monoisotopic (exact) mass is 384 g/mol. The van der Waals surface area contributed by atoms with Crippen molar-refractivity contribution in [2.45, 2.75) is 32.4 Å². The molecule has 2 aromatic rings. The van der Waals surface area contributed by atoms with Gasteiger partial charge in [-0.2, -0.15) is 5.10 Å². The Morgan fingerprint density at radius 3 is 2.64 bits per heavy atom. The topological polar surface area (TPSA) is 93.5 Å². The molecule has 1 N–H and O–H groups in total. The van der Waals surface area contributed by atoms with Gasteiger partial charge < -0.3 is 15.0 Å². The number of ether oxygens (including phenoxy) is 1. The normalized spacial score (nSPS) is 20.0. The number of nitrogens with zero attached hydrogens (tertiary/aromatic N) is 3. The van der Waals surface area contributed by atoms with E-state index in [0.29, 0.717) is 23.2 Å². The van der Waals surface area contributed by atoms with Crippen molar-refractivity contribution in [3.8, 4) is 0 Å². The Kier molecular flexibility index (Phi) is 5.48. The standard InChI is InChI=1S/C20H24N4O4/c1-5-12(2)16-18(25)22-15-9-7-6-8-14(15)17(20(27)28-4)24(16)19(26)13-10-21-23(3)11-13/h6-12,16-17H,5H2,1-4H3,(H,22,25)/t12-,16-,17-/m0/s1. The lowest BCUT2D eigenvalue weighted by Crippen LogP contribution is -2.52. The summed E-state index contributed by atoms with van der Waals surface area (Å²) in [6, 6.07) is 5.08. The van der Waals surface area contributed by atoms with Crippen molar-refractivity contribution in [2.24, 2.45) is 13.0 Å². The lowest BCUT2D eigenvalue weighted by atomic mass is 9.94. The molecule has 8 heteroatoms. The zero-order valence-corrected chi connectivity index (χ0v) is 16.4. The summed E-state index contributed by atoms with van der Waals surface area (Å²) in [6.07, 6.45) is 3.65. The number of aromatic nitrogens is 2. The smallest absolute Gasteiger partial charge is 0.333 e. The minimum atomic E-state index is -1.05. The van der Waals surface area contributed by atoms with Crippen LogP contribution < -0.4 is 5.32 Å². The molecule has 0 saturated heterocycles. The molecule has 0 saturated carbocycles. The van der Waals surface area contributed by atoms with E-state index in [9.17, 15) is 14.4 Å². The number of anilines is 1. The highest BCUT2D eigenvalue weighted by molar-refractivity contribution is 6.05. The number of amides is 2. The summed E-state index contributed by atoms with van der Waals surface area (Å²) in [4.78, 5) is 40.7. The quantitative estimate of drug-likeness (QED) is 0.815. The van der Waals surface area contributed by atoms with Crippen LogP contribution >= 0.6 is 0 Å². The lowest BCUT2D eigenvalue weighted by molar-refractivity contribution is -0.148. The van der Waals surface area contributed by atoms with Crippen molar-refractivity contribution < 1.29 is 19.1 Å². The highest BCUT2D eigenvalue weighted by Crippen LogP contribution is 2.37. The number of carbonyl (C=O) groups is 3. The molecule has 0 fully saturated rings. The van der Waals surface area contributed by atoms with Gasteiger partial charge in [0.1, 0.15) is 6.04 Å². The number of aryl methyl sites for hydroxylation is 1. The minimum Gasteiger partial charge on any atom is -0.467 e. The van der Waals surface area contributed by atoms with Crippen LogP contribution in [-0.4, -0.2) is 45.6 Å². The van der Waals surface area contributed by atoms with E-state index in [0.717, 1.165) is 0 Å². The third-order valence-corrected chi connectivity index (χ3v) is 5.15. The van der Waals surface area contributed by atoms with Gasteiger partial charge in [-0.25, -0.2) is 4.79 Å². The number of fused-ring (bicyclic) bond motifs is 1. The van der Waals surface area contributed by atoms with Gasteiger partial charge in [0.15, 0.2) is 6.04 Å². The number of nitrogens with one attached hydrogen (secondary N) is 1. The van der Waals surface area contributed by atoms with Gasteiger partial charge in [-0.1, -0.05) is 38.5 Å². The van der Waals surface area contributed by atoms with Crippen molar-refractivity contribution in [1.29, 1.82) is 0 Å². The van der Waals surface area contributed by atoms with Gasteiger partial charge in [0.05, 0.1) is 18.9 Å². The number of rotatable bonds is 4. The maximum Gasteiger partial charge on any atom is 0.333 e. The van der Waals surface area contributed by atoms with E-state index in [1.807, 2.05) is 13.8 Å². The van der Waals surface area contributed by atoms with Crippen LogP contribution in [0.2, 0.25) is 0 Å². The van der Waals surface area contributed by atoms with Gasteiger partial charge in [-0.15, -0.1) is 0 Å². The fourth-order valence-corrected chi connectivity index (χ4v) is 3.53. The number of hydrogen-bond donors (Lipinski definition) is 1. The number of esters is 1. The van der Waals surface area contributed by atoms with Gasteiger partial charge >= 0.3 is 5.97 Å². The number of hydrogen-bond acceptors (Lipinski definition) is 5. The van der Waals surface area contributed by atoms with E-state index < -0.39 is 24.0 Å². The fraction of sp³-hybridized carbons (Fsp3) is 0.400. The predicted octanol–water partition coefficient (Wildman–Crippen LogP) is 2.14. The molecule has 2 heterocycles. The van der Waals surface area contributed by atoms with E-state index in [4.69, 9.17) is 4.74 Å². The van der Waals surface area contributed by atoms with Crippen molar-refractivity contribution >= 4 is 23.5 Å². The first kappa shape index (κ1) is 19.6. The van der Waals surface area contributed by atoms with Crippen LogP contribution in [0.1, 0.15) is 42.2 Å². The van der Waals surface area contributed by atoms with E-state index in [1.54, 1.807) is 37.5 Å². The lowest BCUT2D eigenvalue weighted by Gasteiger charge is -2.36. The molecule has 1 aromatic heterocycles. The summed E-state index contributed by atoms with van der Waals surface area (Å²) in [7, 11) is 2.97. The van der Waals surface area contributed by atoms with Gasteiger partial charge in [0.2, 0.25) is 5.91 Å². The van der Waals surface area contributed by atoms with Crippen LogP contribution in [-0.2, 0) is 21.4 Å². The molecule has 148 valence electrons. The fourth-order valence-electron chi connectivity index (χ4n) is 3.53. The van der Waals surface area contributed by atoms with Gasteiger partial charge in [-0.05, 0) is 12.0 Å². The molecule has 0 unspecified atom stereocenters. The van der Waals surface area contributed by atoms with Crippen LogP contribution in [0.4, 0.5) is 5.69 Å². The Morgan fingerprint density at radius 1 is 1.32 bits per heavy atom. The van der Waals surface area contributed by atoms with E-state index in [2.05, 4.69) is 10.4 Å². The number of carbonyl (C=O) groups excluding carboxylic acids is 3. The summed E-state index contributed by atoms with van der Waals surface area (Å²) in [5.41, 5.74) is 1.32. The molecule has 0 bridgehead atoms. The second-order valence-electron chi connectivity index (χ2n) is 6.95. The van der Waals surface area contributed by atoms with Crippen molar-refractivity contribution in [3.63, 3.8) is 0 Å². The SMILES string of the molecule is CC[C@H](C)[C@H]1C(=O)Nc2ccccc2[C@@H](C(=O)OC)N1C(=O)c1cnn(C)c1. The first-order chi connectivity index (χ1) is 13.4. The number of para-hydroxylation sites is 1. The maximum atomic E-state index is 13.5. The first-order valence-electron chi connectivity index (χ1n) is 9.18. The molecule has 1 aliphatic heterocycles. The molecule has 8 nitrogen and oxygen atoms in total. The second kappa shape index (κ2) is 7.84. The summed E-state index contributed by atoms with van der Waals surface area (Å²) in [5.74, 6) is -1.55. The summed E-state index contributed by atoms with van der Waals surface area (Å²) in [6.45, 7) is 3.83. The van der Waals surface area contributed by atoms with Crippen molar-refractivity contribution in [2.75, 3.05) is 12.4 Å². The average molecular weight is 384 g/mol.